The van der Waals surface area contributed by atoms with Crippen LogP contribution in [0.2, 0.25) is 0 Å². The molecule has 26 heavy (non-hydrogen) atoms. The Balaban J connectivity index is 1.98. The molecule has 0 radical (unpaired) electrons. The van der Waals surface area contributed by atoms with Gasteiger partial charge in [0.25, 0.3) is 0 Å². The van der Waals surface area contributed by atoms with E-state index in [1.807, 2.05) is 12.2 Å². The zero-order valence-corrected chi connectivity index (χ0v) is 15.5. The molecule has 0 unspecified atom stereocenters. The molecular formula is C19H30N2O5. The normalized spacial score (nSPS) is 27.0. The summed E-state index contributed by atoms with van der Waals surface area (Å²) in [4.78, 5) is 36.5. The number of carbonyl (C=O) groups excluding carboxylic acids is 3. The van der Waals surface area contributed by atoms with Crippen LogP contribution >= 0.6 is 0 Å². The van der Waals surface area contributed by atoms with Crippen molar-refractivity contribution in [3.05, 3.63) is 12.2 Å². The van der Waals surface area contributed by atoms with Gasteiger partial charge in [-0.05, 0) is 32.6 Å². The maximum absolute atomic E-state index is 12.5. The van der Waals surface area contributed by atoms with Crippen LogP contribution in [0.25, 0.3) is 0 Å². The molecule has 2 atom stereocenters. The van der Waals surface area contributed by atoms with Gasteiger partial charge < -0.3 is 20.5 Å². The van der Waals surface area contributed by atoms with Crippen LogP contribution < -0.4 is 10.6 Å². The number of hydrogen-bond donors (Lipinski definition) is 3. The maximum Gasteiger partial charge on any atom is 0.306 e. The van der Waals surface area contributed by atoms with Crippen LogP contribution in [0, 0.1) is 5.92 Å². The van der Waals surface area contributed by atoms with Crippen LogP contribution in [0.3, 0.4) is 0 Å². The lowest BCUT2D eigenvalue weighted by Crippen LogP contribution is -2.50. The molecule has 0 bridgehead atoms. The molecule has 3 N–H and O–H groups in total. The van der Waals surface area contributed by atoms with Crippen LogP contribution in [-0.2, 0) is 19.1 Å². The lowest BCUT2D eigenvalue weighted by molar-refractivity contribution is -0.145. The fourth-order valence-corrected chi connectivity index (χ4v) is 3.50. The van der Waals surface area contributed by atoms with Crippen molar-refractivity contribution in [1.82, 2.24) is 10.6 Å². The van der Waals surface area contributed by atoms with E-state index in [0.717, 1.165) is 25.7 Å². The summed E-state index contributed by atoms with van der Waals surface area (Å²) in [7, 11) is 0. The first-order valence-electron chi connectivity index (χ1n) is 9.47. The Bertz CT molecular complexity index is 540. The van der Waals surface area contributed by atoms with Gasteiger partial charge in [0.05, 0.1) is 24.1 Å². The summed E-state index contributed by atoms with van der Waals surface area (Å²) < 4.78 is 5.11. The standard InChI is InChI=1S/C19H30N2O5/c1-14-12-26-17(24)8-4-2-3-7-15(18(25)20-14)11-16(23)21-19(13-22)9-5-6-10-19/h2-3,14-15,22H,4-13H2,1H3,(H,20,25)(H,21,23)/t14-,15+/m0/s1. The molecule has 1 heterocycles. The first-order chi connectivity index (χ1) is 12.4. The van der Waals surface area contributed by atoms with E-state index in [9.17, 15) is 19.5 Å². The van der Waals surface area contributed by atoms with Crippen molar-refractivity contribution in [1.29, 1.82) is 0 Å². The minimum atomic E-state index is -0.531. The highest BCUT2D eigenvalue weighted by atomic mass is 16.5. The van der Waals surface area contributed by atoms with Crippen molar-refractivity contribution >= 4 is 17.8 Å². The Kier molecular flexibility index (Phi) is 7.63. The van der Waals surface area contributed by atoms with Crippen LogP contribution in [0.4, 0.5) is 0 Å². The Labute approximate surface area is 154 Å². The van der Waals surface area contributed by atoms with Crippen LogP contribution in [0.1, 0.15) is 58.3 Å². The van der Waals surface area contributed by atoms with Crippen molar-refractivity contribution in [2.75, 3.05) is 13.2 Å². The van der Waals surface area contributed by atoms with Crippen molar-refractivity contribution in [3.63, 3.8) is 0 Å². The van der Waals surface area contributed by atoms with Gasteiger partial charge in [-0.1, -0.05) is 25.0 Å². The van der Waals surface area contributed by atoms with Crippen LogP contribution in [-0.4, -0.2) is 47.7 Å². The fraction of sp³-hybridized carbons (Fsp3) is 0.737. The Morgan fingerprint density at radius 2 is 2.08 bits per heavy atom. The fourth-order valence-electron chi connectivity index (χ4n) is 3.50. The number of aliphatic hydroxyl groups is 1. The highest BCUT2D eigenvalue weighted by Crippen LogP contribution is 2.29. The predicted molar refractivity (Wildman–Crippen MR) is 96.1 cm³/mol. The second-order valence-electron chi connectivity index (χ2n) is 7.43. The number of amides is 2. The number of ether oxygens (including phenoxy) is 1. The zero-order valence-electron chi connectivity index (χ0n) is 15.5. The van der Waals surface area contributed by atoms with Gasteiger partial charge in [-0.25, -0.2) is 0 Å². The second-order valence-corrected chi connectivity index (χ2v) is 7.43. The van der Waals surface area contributed by atoms with Gasteiger partial charge in [-0.3, -0.25) is 14.4 Å². The number of hydrogen-bond acceptors (Lipinski definition) is 5. The van der Waals surface area contributed by atoms with Gasteiger partial charge in [0.1, 0.15) is 6.61 Å². The topological polar surface area (TPSA) is 105 Å². The minimum Gasteiger partial charge on any atom is -0.463 e. The highest BCUT2D eigenvalue weighted by molar-refractivity contribution is 5.86. The summed E-state index contributed by atoms with van der Waals surface area (Å²) in [5.41, 5.74) is -0.531. The molecule has 2 rings (SSSR count). The molecule has 1 aliphatic heterocycles. The molecule has 0 saturated heterocycles. The summed E-state index contributed by atoms with van der Waals surface area (Å²) in [5.74, 6) is -1.20. The molecule has 7 nitrogen and oxygen atoms in total. The van der Waals surface area contributed by atoms with Crippen molar-refractivity contribution in [2.24, 2.45) is 5.92 Å². The SMILES string of the molecule is C[C@H]1COC(=O)CCC=CC[C@H](CC(=O)NC2(CO)CCCC2)C(=O)N1. The highest BCUT2D eigenvalue weighted by Gasteiger charge is 2.35. The van der Waals surface area contributed by atoms with E-state index in [0.29, 0.717) is 19.3 Å². The summed E-state index contributed by atoms with van der Waals surface area (Å²) in [6.45, 7) is 1.82. The number of rotatable bonds is 4. The molecule has 2 amide bonds. The van der Waals surface area contributed by atoms with E-state index < -0.39 is 11.5 Å². The molecule has 0 spiro atoms. The van der Waals surface area contributed by atoms with Gasteiger partial charge in [0.2, 0.25) is 11.8 Å². The summed E-state index contributed by atoms with van der Waals surface area (Å²) >= 11 is 0. The zero-order chi connectivity index (χ0) is 19.0. The number of allylic oxidation sites excluding steroid dienone is 2. The maximum atomic E-state index is 12.5. The number of nitrogens with one attached hydrogen (secondary N) is 2. The van der Waals surface area contributed by atoms with E-state index in [2.05, 4.69) is 10.6 Å². The molecule has 1 aliphatic carbocycles. The monoisotopic (exact) mass is 366 g/mol. The first-order valence-corrected chi connectivity index (χ1v) is 9.47. The van der Waals surface area contributed by atoms with E-state index in [-0.39, 0.29) is 43.5 Å². The van der Waals surface area contributed by atoms with Crippen molar-refractivity contribution in [2.45, 2.75) is 69.9 Å². The lowest BCUT2D eigenvalue weighted by Gasteiger charge is -2.29. The smallest absolute Gasteiger partial charge is 0.306 e. The number of esters is 1. The number of aliphatic hydroxyl groups excluding tert-OH is 1. The van der Waals surface area contributed by atoms with Gasteiger partial charge >= 0.3 is 5.97 Å². The van der Waals surface area contributed by atoms with Crippen molar-refractivity contribution < 1.29 is 24.2 Å². The average Bonchev–Trinajstić information content (AvgIpc) is 3.06. The van der Waals surface area contributed by atoms with E-state index in [4.69, 9.17) is 4.74 Å². The third-order valence-corrected chi connectivity index (χ3v) is 5.06. The third-order valence-electron chi connectivity index (χ3n) is 5.06. The number of cyclic esters (lactones) is 1. The molecule has 146 valence electrons. The molecular weight excluding hydrogens is 336 g/mol. The number of carbonyl (C=O) groups is 3. The minimum absolute atomic E-state index is 0.0715. The Morgan fingerprint density at radius 1 is 1.35 bits per heavy atom. The predicted octanol–water partition coefficient (Wildman–Crippen LogP) is 1.20. The lowest BCUT2D eigenvalue weighted by atomic mass is 9.95. The molecule has 7 heteroatoms. The van der Waals surface area contributed by atoms with Gasteiger partial charge in [0, 0.05) is 12.8 Å². The van der Waals surface area contributed by atoms with Crippen LogP contribution in [0.15, 0.2) is 12.2 Å². The summed E-state index contributed by atoms with van der Waals surface area (Å²) in [5, 5.41) is 15.4. The van der Waals surface area contributed by atoms with Crippen LogP contribution in [0.5, 0.6) is 0 Å². The Hall–Kier alpha value is -1.89. The summed E-state index contributed by atoms with van der Waals surface area (Å²) in [6, 6.07) is -0.306. The molecule has 2 aliphatic rings. The van der Waals surface area contributed by atoms with Gasteiger partial charge in [0.15, 0.2) is 0 Å². The van der Waals surface area contributed by atoms with E-state index in [1.54, 1.807) is 6.92 Å². The van der Waals surface area contributed by atoms with Crippen molar-refractivity contribution in [3.8, 4) is 0 Å². The van der Waals surface area contributed by atoms with E-state index >= 15 is 0 Å². The van der Waals surface area contributed by atoms with E-state index in [1.165, 1.54) is 0 Å². The van der Waals surface area contributed by atoms with Gasteiger partial charge in [-0.15, -0.1) is 0 Å². The second kappa shape index (κ2) is 9.71. The molecule has 0 aromatic rings. The van der Waals surface area contributed by atoms with Gasteiger partial charge in [-0.2, -0.15) is 0 Å². The molecule has 1 saturated carbocycles. The average molecular weight is 366 g/mol. The first kappa shape index (κ1) is 20.4. The summed E-state index contributed by atoms with van der Waals surface area (Å²) in [6.07, 6.45) is 8.59. The largest absolute Gasteiger partial charge is 0.463 e. The Morgan fingerprint density at radius 3 is 2.77 bits per heavy atom. The quantitative estimate of drug-likeness (QED) is 0.512. The molecule has 0 aromatic heterocycles. The molecule has 0 aromatic carbocycles. The third kappa shape index (κ3) is 6.12. The molecule has 1 fully saturated rings.